The number of aromatic amines is 1. The Hall–Kier alpha value is -2.43. The van der Waals surface area contributed by atoms with Crippen LogP contribution < -0.4 is 0 Å². The number of nitrogens with zero attached hydrogens (tertiary/aromatic N) is 4. The highest BCUT2D eigenvalue weighted by molar-refractivity contribution is 5.70. The fraction of sp³-hybridized carbons (Fsp3) is 0.0833. The first-order valence-corrected chi connectivity index (χ1v) is 5.30. The van der Waals surface area contributed by atoms with E-state index in [-0.39, 0.29) is 0 Å². The number of hydrogen-bond donors (Lipinski definition) is 1. The Kier molecular flexibility index (Phi) is 2.22. The molecule has 5 nitrogen and oxygen atoms in total. The Bertz CT molecular complexity index is 624. The van der Waals surface area contributed by atoms with E-state index in [4.69, 9.17) is 0 Å². The minimum absolute atomic E-state index is 0.876. The smallest absolute Gasteiger partial charge is 0.142 e. The summed E-state index contributed by atoms with van der Waals surface area (Å²) < 4.78 is 1.81. The molecule has 5 heteroatoms. The zero-order chi connectivity index (χ0) is 11.7. The summed E-state index contributed by atoms with van der Waals surface area (Å²) >= 11 is 0. The lowest BCUT2D eigenvalue weighted by atomic mass is 10.1. The van der Waals surface area contributed by atoms with Crippen LogP contribution in [0.4, 0.5) is 0 Å². The van der Waals surface area contributed by atoms with Crippen molar-refractivity contribution < 1.29 is 0 Å². The maximum atomic E-state index is 4.08. The lowest BCUT2D eigenvalue weighted by molar-refractivity contribution is 0.955. The highest BCUT2D eigenvalue weighted by atomic mass is 15.3. The molecule has 0 amide bonds. The van der Waals surface area contributed by atoms with Crippen molar-refractivity contribution in [2.45, 2.75) is 6.92 Å². The van der Waals surface area contributed by atoms with Crippen LogP contribution in [0.5, 0.6) is 0 Å². The number of nitrogens with one attached hydrogen (secondary N) is 1. The highest BCUT2D eigenvalue weighted by Crippen LogP contribution is 2.24. The van der Waals surface area contributed by atoms with E-state index in [1.807, 2.05) is 16.8 Å². The van der Waals surface area contributed by atoms with Gasteiger partial charge in [0, 0.05) is 5.56 Å². The van der Waals surface area contributed by atoms with Crippen LogP contribution in [-0.2, 0) is 0 Å². The van der Waals surface area contributed by atoms with Crippen LogP contribution in [0.1, 0.15) is 5.56 Å². The van der Waals surface area contributed by atoms with Crippen molar-refractivity contribution in [1.82, 2.24) is 25.0 Å². The quantitative estimate of drug-likeness (QED) is 0.725. The maximum absolute atomic E-state index is 4.08. The summed E-state index contributed by atoms with van der Waals surface area (Å²) in [6.07, 6.45) is 5.10. The van der Waals surface area contributed by atoms with Gasteiger partial charge in [-0.25, -0.2) is 0 Å². The molecule has 17 heavy (non-hydrogen) atoms. The van der Waals surface area contributed by atoms with Crippen molar-refractivity contribution in [3.8, 4) is 16.9 Å². The van der Waals surface area contributed by atoms with E-state index in [2.05, 4.69) is 45.5 Å². The lowest BCUT2D eigenvalue weighted by Gasteiger charge is -2.03. The van der Waals surface area contributed by atoms with Crippen molar-refractivity contribution in [2.75, 3.05) is 0 Å². The Morgan fingerprint density at radius 2 is 2.00 bits per heavy atom. The third-order valence-electron chi connectivity index (χ3n) is 2.63. The molecule has 0 aliphatic rings. The molecule has 0 radical (unpaired) electrons. The van der Waals surface area contributed by atoms with Crippen molar-refractivity contribution >= 4 is 0 Å². The van der Waals surface area contributed by atoms with Crippen LogP contribution >= 0.6 is 0 Å². The van der Waals surface area contributed by atoms with Gasteiger partial charge in [-0.2, -0.15) is 5.10 Å². The number of aromatic nitrogens is 5. The number of hydrogen-bond acceptors (Lipinski definition) is 3. The molecule has 0 aliphatic carbocycles. The van der Waals surface area contributed by atoms with Gasteiger partial charge in [0.15, 0.2) is 0 Å². The van der Waals surface area contributed by atoms with E-state index in [0.717, 1.165) is 16.9 Å². The number of benzene rings is 1. The van der Waals surface area contributed by atoms with Crippen molar-refractivity contribution in [3.05, 3.63) is 48.7 Å². The van der Waals surface area contributed by atoms with Gasteiger partial charge in [0.25, 0.3) is 0 Å². The number of H-pyrrole nitrogens is 1. The molecule has 0 atom stereocenters. The molecule has 3 aromatic rings. The second-order valence-corrected chi connectivity index (χ2v) is 3.87. The monoisotopic (exact) mass is 225 g/mol. The zero-order valence-corrected chi connectivity index (χ0v) is 9.33. The fourth-order valence-corrected chi connectivity index (χ4v) is 1.82. The number of rotatable bonds is 2. The van der Waals surface area contributed by atoms with E-state index >= 15 is 0 Å². The topological polar surface area (TPSA) is 59.4 Å². The second-order valence-electron chi connectivity index (χ2n) is 3.87. The standard InChI is InChI=1S/C12H11N5/c1-9-3-2-4-10(5-9)11-6-13-16-12(11)17-7-14-15-8-17/h2-8H,1H3,(H,13,16). The van der Waals surface area contributed by atoms with Crippen LogP contribution in [0.3, 0.4) is 0 Å². The first-order chi connectivity index (χ1) is 8.34. The Morgan fingerprint density at radius 3 is 2.76 bits per heavy atom. The third kappa shape index (κ3) is 1.71. The maximum Gasteiger partial charge on any atom is 0.142 e. The van der Waals surface area contributed by atoms with E-state index in [0.29, 0.717) is 0 Å². The molecule has 0 spiro atoms. The van der Waals surface area contributed by atoms with E-state index < -0.39 is 0 Å². The average molecular weight is 225 g/mol. The molecule has 3 rings (SSSR count). The van der Waals surface area contributed by atoms with Gasteiger partial charge in [-0.15, -0.1) is 10.2 Å². The van der Waals surface area contributed by atoms with Gasteiger partial charge >= 0.3 is 0 Å². The molecule has 2 heterocycles. The zero-order valence-electron chi connectivity index (χ0n) is 9.33. The van der Waals surface area contributed by atoms with Gasteiger partial charge in [-0.1, -0.05) is 29.8 Å². The minimum atomic E-state index is 0.876. The first-order valence-electron chi connectivity index (χ1n) is 5.30. The van der Waals surface area contributed by atoms with Gasteiger partial charge in [0.05, 0.1) is 6.20 Å². The molecule has 0 unspecified atom stereocenters. The molecule has 0 saturated heterocycles. The summed E-state index contributed by atoms with van der Waals surface area (Å²) in [6.45, 7) is 2.07. The summed E-state index contributed by atoms with van der Waals surface area (Å²) in [7, 11) is 0. The predicted molar refractivity (Wildman–Crippen MR) is 63.7 cm³/mol. The van der Waals surface area contributed by atoms with Crippen molar-refractivity contribution in [2.24, 2.45) is 0 Å². The molecular formula is C12H11N5. The molecule has 84 valence electrons. The van der Waals surface area contributed by atoms with Gasteiger partial charge in [0.2, 0.25) is 0 Å². The second kappa shape index (κ2) is 3.86. The summed E-state index contributed by atoms with van der Waals surface area (Å²) in [5, 5.41) is 14.6. The largest absolute Gasteiger partial charge is 0.272 e. The van der Waals surface area contributed by atoms with E-state index in [1.165, 1.54) is 5.56 Å². The molecule has 1 aromatic carbocycles. The van der Waals surface area contributed by atoms with Crippen molar-refractivity contribution in [3.63, 3.8) is 0 Å². The van der Waals surface area contributed by atoms with Crippen LogP contribution in [-0.4, -0.2) is 25.0 Å². The Balaban J connectivity index is 2.14. The van der Waals surface area contributed by atoms with E-state index in [1.54, 1.807) is 12.7 Å². The van der Waals surface area contributed by atoms with Gasteiger partial charge in [-0.05, 0) is 12.5 Å². The summed E-state index contributed by atoms with van der Waals surface area (Å²) in [5.74, 6) is 0.876. The third-order valence-corrected chi connectivity index (χ3v) is 2.63. The Labute approximate surface area is 98.1 Å². The minimum Gasteiger partial charge on any atom is -0.272 e. The van der Waals surface area contributed by atoms with E-state index in [9.17, 15) is 0 Å². The van der Waals surface area contributed by atoms with Crippen LogP contribution in [0.15, 0.2) is 43.1 Å². The molecule has 1 N–H and O–H groups in total. The predicted octanol–water partition coefficient (Wildman–Crippen LogP) is 1.97. The molecule has 2 aromatic heterocycles. The SMILES string of the molecule is Cc1cccc(-c2cn[nH]c2-n2cnnc2)c1. The number of aryl methyl sites for hydroxylation is 1. The van der Waals surface area contributed by atoms with Crippen LogP contribution in [0.25, 0.3) is 16.9 Å². The molecule has 0 saturated carbocycles. The molecule has 0 fully saturated rings. The van der Waals surface area contributed by atoms with Crippen LogP contribution in [0, 0.1) is 6.92 Å². The van der Waals surface area contributed by atoms with Gasteiger partial charge < -0.3 is 0 Å². The lowest BCUT2D eigenvalue weighted by Crippen LogP contribution is -1.93. The Morgan fingerprint density at radius 1 is 1.18 bits per heavy atom. The average Bonchev–Trinajstić information content (AvgIpc) is 3.00. The first kappa shape index (κ1) is 9.77. The molecule has 0 aliphatic heterocycles. The summed E-state index contributed by atoms with van der Waals surface area (Å²) in [4.78, 5) is 0. The molecule has 0 bridgehead atoms. The highest BCUT2D eigenvalue weighted by Gasteiger charge is 2.09. The summed E-state index contributed by atoms with van der Waals surface area (Å²) in [6, 6.07) is 8.29. The van der Waals surface area contributed by atoms with Gasteiger partial charge in [0.1, 0.15) is 18.5 Å². The molecular weight excluding hydrogens is 214 g/mol. The van der Waals surface area contributed by atoms with Crippen LogP contribution in [0.2, 0.25) is 0 Å². The van der Waals surface area contributed by atoms with Gasteiger partial charge in [-0.3, -0.25) is 9.67 Å². The normalized spacial score (nSPS) is 10.6. The summed E-state index contributed by atoms with van der Waals surface area (Å²) in [5.41, 5.74) is 3.38. The fourth-order valence-electron chi connectivity index (χ4n) is 1.82. The van der Waals surface area contributed by atoms with Crippen molar-refractivity contribution in [1.29, 1.82) is 0 Å².